The van der Waals surface area contributed by atoms with Crippen molar-refractivity contribution in [1.29, 1.82) is 0 Å². The molecule has 0 aliphatic rings. The first kappa shape index (κ1) is 27.0. The summed E-state index contributed by atoms with van der Waals surface area (Å²) in [5.41, 5.74) is 0. The van der Waals surface area contributed by atoms with Gasteiger partial charge in [-0.1, -0.05) is 0 Å². The Bertz CT molecular complexity index is 115. The van der Waals surface area contributed by atoms with Crippen molar-refractivity contribution >= 4 is 0 Å². The summed E-state index contributed by atoms with van der Waals surface area (Å²) in [4.78, 5) is 0. The van der Waals surface area contributed by atoms with Crippen molar-refractivity contribution in [1.82, 2.24) is 0 Å². The van der Waals surface area contributed by atoms with Gasteiger partial charge in [-0.25, -0.2) is 0 Å². The Labute approximate surface area is 178 Å². The van der Waals surface area contributed by atoms with Gasteiger partial charge < -0.3 is 30.6 Å². The van der Waals surface area contributed by atoms with Crippen molar-refractivity contribution in [3.63, 3.8) is 0 Å². The van der Waals surface area contributed by atoms with Gasteiger partial charge in [-0.2, -0.15) is 0 Å². The summed E-state index contributed by atoms with van der Waals surface area (Å²) in [6, 6.07) is 0. The fraction of sp³-hybridized carbons (Fsp3) is 1.00. The molecule has 0 radical (unpaired) electrons. The molecular formula is C6H14Ar3O6. The molecule has 0 rings (SSSR count). The number of aliphatic hydroxyl groups excluding tert-OH is 6. The van der Waals surface area contributed by atoms with Crippen molar-refractivity contribution in [3.05, 3.63) is 0 Å². The molecule has 0 aromatic carbocycles. The van der Waals surface area contributed by atoms with Crippen molar-refractivity contribution in [2.24, 2.45) is 0 Å². The Morgan fingerprint density at radius 3 is 0.933 bits per heavy atom. The fourth-order valence-electron chi connectivity index (χ4n) is 0.671. The zero-order valence-corrected chi connectivity index (χ0v) is 9.59. The third-order valence-electron chi connectivity index (χ3n) is 1.51. The monoisotopic (exact) mass is 302 g/mol. The fourth-order valence-corrected chi connectivity index (χ4v) is 0.671. The standard InChI is InChI=1S/C6H14O6.3Ar/c7-1-3(9)5(11)6(12)4(10)2-8;;;/h3-12H,1-2H2;;;/t3-,4-,5-,6-;;;/m1.../s1. The first-order valence-corrected chi connectivity index (χ1v) is 3.48. The zero-order valence-electron chi connectivity index (χ0n) is 7.47. The van der Waals surface area contributed by atoms with E-state index in [0.29, 0.717) is 0 Å². The first-order chi connectivity index (χ1) is 5.54. The molecule has 0 saturated carbocycles. The maximum absolute atomic E-state index is 8.96. The van der Waals surface area contributed by atoms with Crippen molar-refractivity contribution in [3.8, 4) is 0 Å². The van der Waals surface area contributed by atoms with E-state index in [1.165, 1.54) is 0 Å². The van der Waals surface area contributed by atoms with E-state index in [2.05, 4.69) is 0 Å². The summed E-state index contributed by atoms with van der Waals surface area (Å²) in [5, 5.41) is 52.2. The van der Waals surface area contributed by atoms with Crippen LogP contribution >= 0.6 is 0 Å². The van der Waals surface area contributed by atoms with Crippen LogP contribution in [0.25, 0.3) is 0 Å². The van der Waals surface area contributed by atoms with Crippen LogP contribution < -0.4 is 0 Å². The molecule has 0 aliphatic carbocycles. The third kappa shape index (κ3) is 11.1. The van der Waals surface area contributed by atoms with Crippen molar-refractivity contribution < 1.29 is 144 Å². The Hall–Kier alpha value is 3.54. The van der Waals surface area contributed by atoms with Crippen LogP contribution in [0, 0.1) is 113 Å². The van der Waals surface area contributed by atoms with E-state index in [0.717, 1.165) is 0 Å². The molecule has 0 amide bonds. The molecule has 0 unspecified atom stereocenters. The minimum absolute atomic E-state index is 0. The van der Waals surface area contributed by atoms with Crippen LogP contribution in [-0.4, -0.2) is 68.3 Å². The maximum atomic E-state index is 8.96. The van der Waals surface area contributed by atoms with Crippen LogP contribution in [0.3, 0.4) is 0 Å². The summed E-state index contributed by atoms with van der Waals surface area (Å²) in [7, 11) is 0. The van der Waals surface area contributed by atoms with Gasteiger partial charge in [0.05, 0.1) is 13.2 Å². The number of aliphatic hydroxyl groups is 6. The molecule has 9 heteroatoms. The summed E-state index contributed by atoms with van der Waals surface area (Å²) in [6.45, 7) is -1.45. The second-order valence-corrected chi connectivity index (χ2v) is 2.48. The Morgan fingerprint density at radius 2 is 0.800 bits per heavy atom. The zero-order chi connectivity index (χ0) is 9.72. The molecule has 6 nitrogen and oxygen atoms in total. The molecule has 98 valence electrons. The molecule has 15 heavy (non-hydrogen) atoms. The molecule has 0 fully saturated rings. The van der Waals surface area contributed by atoms with E-state index < -0.39 is 37.6 Å². The van der Waals surface area contributed by atoms with Gasteiger partial charge in [-0.15, -0.1) is 0 Å². The predicted octanol–water partition coefficient (Wildman–Crippen LogP) is -3.59. The Kier molecular flexibility index (Phi) is 28.1. The molecule has 0 aromatic heterocycles. The van der Waals surface area contributed by atoms with Crippen LogP contribution in [0.1, 0.15) is 0 Å². The van der Waals surface area contributed by atoms with E-state index in [-0.39, 0.29) is 113 Å². The van der Waals surface area contributed by atoms with Crippen LogP contribution in [0.15, 0.2) is 0 Å². The van der Waals surface area contributed by atoms with Gasteiger partial charge in [0.2, 0.25) is 0 Å². The molecule has 6 N–H and O–H groups in total. The number of rotatable bonds is 5. The van der Waals surface area contributed by atoms with Crippen LogP contribution in [0.2, 0.25) is 0 Å². The number of hydrogen-bond acceptors (Lipinski definition) is 6. The average molecular weight is 302 g/mol. The van der Waals surface area contributed by atoms with E-state index >= 15 is 0 Å². The van der Waals surface area contributed by atoms with Crippen molar-refractivity contribution in [2.45, 2.75) is 24.4 Å². The average Bonchev–Trinajstić information content (AvgIpc) is 2.12. The topological polar surface area (TPSA) is 121 Å². The second-order valence-electron chi connectivity index (χ2n) is 2.48. The molecular weight excluding hydrogens is 288 g/mol. The summed E-state index contributed by atoms with van der Waals surface area (Å²) >= 11 is 0. The van der Waals surface area contributed by atoms with Gasteiger partial charge in [0, 0.05) is 113 Å². The van der Waals surface area contributed by atoms with E-state index in [4.69, 9.17) is 30.6 Å². The third-order valence-corrected chi connectivity index (χ3v) is 1.51. The quantitative estimate of drug-likeness (QED) is 0.312. The Balaban J connectivity index is -0.000000202. The van der Waals surface area contributed by atoms with Gasteiger partial charge in [0.1, 0.15) is 24.4 Å². The molecule has 4 atom stereocenters. The summed E-state index contributed by atoms with van der Waals surface area (Å²) < 4.78 is 0. The van der Waals surface area contributed by atoms with Crippen LogP contribution in [0.5, 0.6) is 0 Å². The molecule has 0 aliphatic heterocycles. The van der Waals surface area contributed by atoms with Crippen LogP contribution in [0.4, 0.5) is 0 Å². The molecule has 0 spiro atoms. The van der Waals surface area contributed by atoms with Gasteiger partial charge in [0.25, 0.3) is 0 Å². The molecule has 0 heterocycles. The second kappa shape index (κ2) is 15.6. The maximum Gasteiger partial charge on any atom is 0.111 e. The Morgan fingerprint density at radius 1 is 0.600 bits per heavy atom. The minimum Gasteiger partial charge on any atom is -0.394 e. The summed E-state index contributed by atoms with van der Waals surface area (Å²) in [5.74, 6) is 0. The van der Waals surface area contributed by atoms with Gasteiger partial charge in [-0.05, 0) is 0 Å². The SMILES string of the molecule is OC[C@@H](O)[C@@H](O)[C@H](O)[C@H](O)CO.[Ar].[Ar].[Ar]. The molecule has 0 saturated heterocycles. The largest absolute Gasteiger partial charge is 0.394 e. The van der Waals surface area contributed by atoms with Gasteiger partial charge in [0.15, 0.2) is 0 Å². The molecule has 0 bridgehead atoms. The van der Waals surface area contributed by atoms with E-state index in [1.807, 2.05) is 0 Å². The van der Waals surface area contributed by atoms with Crippen LogP contribution in [-0.2, 0) is 0 Å². The minimum atomic E-state index is -1.67. The number of hydrogen-bond donors (Lipinski definition) is 6. The normalized spacial score (nSPS) is 17.2. The van der Waals surface area contributed by atoms with E-state index in [9.17, 15) is 0 Å². The first-order valence-electron chi connectivity index (χ1n) is 3.48. The molecule has 0 aromatic rings. The van der Waals surface area contributed by atoms with Crippen molar-refractivity contribution in [2.75, 3.05) is 13.2 Å². The van der Waals surface area contributed by atoms with Gasteiger partial charge >= 0.3 is 0 Å². The van der Waals surface area contributed by atoms with E-state index in [1.54, 1.807) is 0 Å². The predicted molar refractivity (Wildman–Crippen MR) is 38.2 cm³/mol. The van der Waals surface area contributed by atoms with Gasteiger partial charge in [-0.3, -0.25) is 0 Å². The summed E-state index contributed by atoms with van der Waals surface area (Å²) in [6.07, 6.45) is -6.39. The smallest absolute Gasteiger partial charge is 0.111 e.